The zero-order valence-electron chi connectivity index (χ0n) is 21.4. The number of methoxy groups -OCH3 is 3. The van der Waals surface area contributed by atoms with Crippen LogP contribution in [0.3, 0.4) is 0 Å². The molecule has 1 fully saturated rings. The molecule has 1 aliphatic heterocycles. The third-order valence-electron chi connectivity index (χ3n) is 5.68. The van der Waals surface area contributed by atoms with Crippen LogP contribution in [0.4, 0.5) is 23.1 Å². The highest BCUT2D eigenvalue weighted by atomic mass is 16.5. The number of hydrogen-bond donors (Lipinski definition) is 2. The Morgan fingerprint density at radius 1 is 0.946 bits per heavy atom. The second-order valence-electron chi connectivity index (χ2n) is 8.28. The predicted octanol–water partition coefficient (Wildman–Crippen LogP) is 4.04. The Kier molecular flexibility index (Phi) is 8.42. The van der Waals surface area contributed by atoms with E-state index in [1.54, 1.807) is 39.5 Å². The van der Waals surface area contributed by atoms with Gasteiger partial charge in [-0.1, -0.05) is 0 Å². The van der Waals surface area contributed by atoms with Crippen LogP contribution in [0.25, 0.3) is 6.08 Å². The summed E-state index contributed by atoms with van der Waals surface area (Å²) in [6.45, 7) is 4.83. The maximum atomic E-state index is 12.5. The summed E-state index contributed by atoms with van der Waals surface area (Å²) in [5.41, 5.74) is 3.12. The molecular formula is C27H31N5O5. The SMILES string of the molecule is COc1cc(/C=C/C(=O)Nc2ccc(Nc3cc(C)nc(N4CCOCC4)n3)cc2)cc(OC)c1OC. The molecule has 1 amide bonds. The van der Waals surface area contributed by atoms with E-state index in [0.29, 0.717) is 47.9 Å². The minimum atomic E-state index is -0.268. The molecule has 10 nitrogen and oxygen atoms in total. The second kappa shape index (κ2) is 12.1. The standard InChI is InChI=1S/C27H31N5O5/c1-18-15-24(31-27(28-18)32-11-13-37-14-12-32)29-20-6-8-21(9-7-20)30-25(33)10-5-19-16-22(34-2)26(36-4)23(17-19)35-3/h5-10,15-17H,11-14H2,1-4H3,(H,30,33)(H,28,29,31)/b10-5+. The number of ether oxygens (including phenoxy) is 4. The van der Waals surface area contributed by atoms with E-state index in [0.717, 1.165) is 30.0 Å². The molecule has 0 radical (unpaired) electrons. The second-order valence-corrected chi connectivity index (χ2v) is 8.28. The van der Waals surface area contributed by atoms with E-state index in [1.807, 2.05) is 37.3 Å². The van der Waals surface area contributed by atoms with Crippen LogP contribution < -0.4 is 29.7 Å². The number of nitrogens with one attached hydrogen (secondary N) is 2. The van der Waals surface area contributed by atoms with Gasteiger partial charge in [-0.3, -0.25) is 4.79 Å². The molecule has 4 rings (SSSR count). The first-order valence-electron chi connectivity index (χ1n) is 11.8. The Bertz CT molecular complexity index is 1230. The topological polar surface area (TPSA) is 107 Å². The number of rotatable bonds is 9. The summed E-state index contributed by atoms with van der Waals surface area (Å²) >= 11 is 0. The van der Waals surface area contributed by atoms with Crippen molar-refractivity contribution in [3.05, 3.63) is 59.8 Å². The van der Waals surface area contributed by atoms with E-state index in [2.05, 4.69) is 25.5 Å². The molecule has 0 unspecified atom stereocenters. The Hall–Kier alpha value is -4.31. The quantitative estimate of drug-likeness (QED) is 0.417. The van der Waals surface area contributed by atoms with Gasteiger partial charge in [0.2, 0.25) is 17.6 Å². The lowest BCUT2D eigenvalue weighted by molar-refractivity contribution is -0.111. The van der Waals surface area contributed by atoms with Crippen LogP contribution in [0.2, 0.25) is 0 Å². The Labute approximate surface area is 216 Å². The van der Waals surface area contributed by atoms with Crippen LogP contribution in [0.5, 0.6) is 17.2 Å². The van der Waals surface area contributed by atoms with Crippen molar-refractivity contribution in [2.24, 2.45) is 0 Å². The molecule has 2 aromatic carbocycles. The Morgan fingerprint density at radius 3 is 2.22 bits per heavy atom. The fraction of sp³-hybridized carbons (Fsp3) is 0.296. The minimum Gasteiger partial charge on any atom is -0.493 e. The van der Waals surface area contributed by atoms with Crippen LogP contribution in [-0.4, -0.2) is 63.5 Å². The highest BCUT2D eigenvalue weighted by Crippen LogP contribution is 2.38. The van der Waals surface area contributed by atoms with Crippen molar-refractivity contribution in [2.75, 3.05) is 63.2 Å². The minimum absolute atomic E-state index is 0.268. The Balaban J connectivity index is 1.39. The zero-order valence-corrected chi connectivity index (χ0v) is 21.4. The molecule has 1 saturated heterocycles. The van der Waals surface area contributed by atoms with Gasteiger partial charge in [-0.2, -0.15) is 4.98 Å². The molecule has 0 aliphatic carbocycles. The molecule has 37 heavy (non-hydrogen) atoms. The highest BCUT2D eigenvalue weighted by molar-refractivity contribution is 6.02. The molecule has 0 bridgehead atoms. The number of amides is 1. The lowest BCUT2D eigenvalue weighted by Crippen LogP contribution is -2.37. The first-order valence-corrected chi connectivity index (χ1v) is 11.8. The van der Waals surface area contributed by atoms with Crippen molar-refractivity contribution in [3.8, 4) is 17.2 Å². The lowest BCUT2D eigenvalue weighted by atomic mass is 10.1. The summed E-state index contributed by atoms with van der Waals surface area (Å²) in [6, 6.07) is 12.8. The van der Waals surface area contributed by atoms with Crippen molar-refractivity contribution in [1.82, 2.24) is 9.97 Å². The van der Waals surface area contributed by atoms with E-state index >= 15 is 0 Å². The van der Waals surface area contributed by atoms with Crippen LogP contribution in [0, 0.1) is 6.92 Å². The normalized spacial score (nSPS) is 13.4. The summed E-state index contributed by atoms with van der Waals surface area (Å²) in [6.07, 6.45) is 3.13. The van der Waals surface area contributed by atoms with Gasteiger partial charge in [0, 0.05) is 42.3 Å². The Morgan fingerprint density at radius 2 is 1.59 bits per heavy atom. The molecule has 10 heteroatoms. The van der Waals surface area contributed by atoms with E-state index in [4.69, 9.17) is 18.9 Å². The zero-order chi connectivity index (χ0) is 26.2. The maximum Gasteiger partial charge on any atom is 0.248 e. The van der Waals surface area contributed by atoms with E-state index in [1.165, 1.54) is 6.08 Å². The molecule has 194 valence electrons. The molecule has 1 aromatic heterocycles. The summed E-state index contributed by atoms with van der Waals surface area (Å²) in [7, 11) is 4.64. The number of nitrogens with zero attached hydrogens (tertiary/aromatic N) is 3. The smallest absolute Gasteiger partial charge is 0.248 e. The number of aryl methyl sites for hydroxylation is 1. The van der Waals surface area contributed by atoms with Gasteiger partial charge < -0.3 is 34.5 Å². The van der Waals surface area contributed by atoms with Gasteiger partial charge in [-0.15, -0.1) is 0 Å². The first kappa shape index (κ1) is 25.8. The molecular weight excluding hydrogens is 474 g/mol. The summed E-state index contributed by atoms with van der Waals surface area (Å²) in [5, 5.41) is 6.17. The molecule has 3 aromatic rings. The van der Waals surface area contributed by atoms with E-state index in [9.17, 15) is 4.79 Å². The average Bonchev–Trinajstić information content (AvgIpc) is 2.92. The third-order valence-corrected chi connectivity index (χ3v) is 5.68. The monoisotopic (exact) mass is 505 g/mol. The van der Waals surface area contributed by atoms with E-state index < -0.39 is 0 Å². The largest absolute Gasteiger partial charge is 0.493 e. The lowest BCUT2D eigenvalue weighted by Gasteiger charge is -2.27. The van der Waals surface area contributed by atoms with Gasteiger partial charge >= 0.3 is 0 Å². The van der Waals surface area contributed by atoms with Crippen LogP contribution in [0.1, 0.15) is 11.3 Å². The van der Waals surface area contributed by atoms with Gasteiger partial charge in [0.15, 0.2) is 11.5 Å². The number of carbonyl (C=O) groups is 1. The molecule has 1 aliphatic rings. The van der Waals surface area contributed by atoms with Crippen molar-refractivity contribution >= 4 is 35.1 Å². The first-order chi connectivity index (χ1) is 18.0. The van der Waals surface area contributed by atoms with Crippen LogP contribution >= 0.6 is 0 Å². The number of hydrogen-bond acceptors (Lipinski definition) is 9. The third kappa shape index (κ3) is 6.68. The van der Waals surface area contributed by atoms with Crippen molar-refractivity contribution in [2.45, 2.75) is 6.92 Å². The van der Waals surface area contributed by atoms with Gasteiger partial charge in [0.1, 0.15) is 5.82 Å². The number of anilines is 4. The molecule has 0 spiro atoms. The number of aromatic nitrogens is 2. The highest BCUT2D eigenvalue weighted by Gasteiger charge is 2.15. The fourth-order valence-corrected chi connectivity index (χ4v) is 3.86. The molecule has 0 atom stereocenters. The maximum absolute atomic E-state index is 12.5. The van der Waals surface area contributed by atoms with Crippen molar-refractivity contribution in [1.29, 1.82) is 0 Å². The molecule has 2 N–H and O–H groups in total. The van der Waals surface area contributed by atoms with Crippen molar-refractivity contribution in [3.63, 3.8) is 0 Å². The predicted molar refractivity (Wildman–Crippen MR) is 143 cm³/mol. The summed E-state index contributed by atoms with van der Waals surface area (Å²) < 4.78 is 21.5. The van der Waals surface area contributed by atoms with Gasteiger partial charge in [-0.05, 0) is 55.0 Å². The van der Waals surface area contributed by atoms with Gasteiger partial charge in [-0.25, -0.2) is 4.98 Å². The van der Waals surface area contributed by atoms with Crippen LogP contribution in [-0.2, 0) is 9.53 Å². The molecule has 0 saturated carbocycles. The summed E-state index contributed by atoms with van der Waals surface area (Å²) in [5.74, 6) is 2.65. The summed E-state index contributed by atoms with van der Waals surface area (Å²) in [4.78, 5) is 23.8. The van der Waals surface area contributed by atoms with Crippen LogP contribution in [0.15, 0.2) is 48.5 Å². The van der Waals surface area contributed by atoms with Gasteiger partial charge in [0.25, 0.3) is 0 Å². The van der Waals surface area contributed by atoms with Gasteiger partial charge in [0.05, 0.1) is 34.5 Å². The van der Waals surface area contributed by atoms with E-state index in [-0.39, 0.29) is 5.91 Å². The molecule has 2 heterocycles. The van der Waals surface area contributed by atoms with Crippen molar-refractivity contribution < 1.29 is 23.7 Å². The fourth-order valence-electron chi connectivity index (χ4n) is 3.86. The number of carbonyl (C=O) groups excluding carboxylic acids is 1. The number of morpholine rings is 1. The number of benzene rings is 2. The average molecular weight is 506 g/mol.